The molecule has 0 radical (unpaired) electrons. The van der Waals surface area contributed by atoms with Crippen molar-refractivity contribution in [1.29, 1.82) is 0 Å². The molecule has 1 aliphatic rings. The van der Waals surface area contributed by atoms with Crippen LogP contribution in [0.3, 0.4) is 0 Å². The first-order valence-electron chi connectivity index (χ1n) is 4.94. The molecule has 1 unspecified atom stereocenters. The van der Waals surface area contributed by atoms with E-state index < -0.39 is 0 Å². The third-order valence-corrected chi connectivity index (χ3v) is 3.94. The molecule has 0 bridgehead atoms. The van der Waals surface area contributed by atoms with Gasteiger partial charge in [0.1, 0.15) is 0 Å². The molecule has 13 heavy (non-hydrogen) atoms. The molecule has 0 spiro atoms. The van der Waals surface area contributed by atoms with Gasteiger partial charge in [-0.2, -0.15) is 0 Å². The van der Waals surface area contributed by atoms with E-state index in [4.69, 9.17) is 0 Å². The number of fused-ring (bicyclic) bond motifs is 1. The third-order valence-electron chi connectivity index (χ3n) is 3.44. The SMILES string of the molecule is CCC1(C)CCc2cc(Br)ccc21. The highest BCUT2D eigenvalue weighted by Crippen LogP contribution is 2.41. The van der Waals surface area contributed by atoms with E-state index in [2.05, 4.69) is 48.0 Å². The minimum absolute atomic E-state index is 0.441. The van der Waals surface area contributed by atoms with Crippen LogP contribution in [0.4, 0.5) is 0 Å². The molecule has 0 saturated heterocycles. The summed E-state index contributed by atoms with van der Waals surface area (Å²) in [5.41, 5.74) is 3.55. The number of hydrogen-bond acceptors (Lipinski definition) is 0. The molecule has 0 aliphatic heterocycles. The number of hydrogen-bond donors (Lipinski definition) is 0. The van der Waals surface area contributed by atoms with Gasteiger partial charge in [0.2, 0.25) is 0 Å². The summed E-state index contributed by atoms with van der Waals surface area (Å²) in [6, 6.07) is 6.73. The van der Waals surface area contributed by atoms with Crippen molar-refractivity contribution >= 4 is 15.9 Å². The largest absolute Gasteiger partial charge is 0.0645 e. The molecule has 0 nitrogen and oxygen atoms in total. The zero-order valence-corrected chi connectivity index (χ0v) is 9.82. The second kappa shape index (κ2) is 3.13. The maximum Gasteiger partial charge on any atom is 0.0178 e. The van der Waals surface area contributed by atoms with Crippen LogP contribution >= 0.6 is 15.9 Å². The van der Waals surface area contributed by atoms with Crippen molar-refractivity contribution in [1.82, 2.24) is 0 Å². The molecule has 1 aliphatic carbocycles. The van der Waals surface area contributed by atoms with Gasteiger partial charge in [0.25, 0.3) is 0 Å². The van der Waals surface area contributed by atoms with Crippen molar-refractivity contribution in [2.45, 2.75) is 38.5 Å². The molecule has 0 N–H and O–H groups in total. The molecule has 1 aromatic rings. The summed E-state index contributed by atoms with van der Waals surface area (Å²) in [6.07, 6.45) is 3.82. The maximum atomic E-state index is 3.52. The van der Waals surface area contributed by atoms with Crippen molar-refractivity contribution in [3.05, 3.63) is 33.8 Å². The van der Waals surface area contributed by atoms with Crippen LogP contribution in [0.5, 0.6) is 0 Å². The Kier molecular flexibility index (Phi) is 2.23. The first kappa shape index (κ1) is 9.26. The third kappa shape index (κ3) is 1.43. The van der Waals surface area contributed by atoms with Crippen LogP contribution < -0.4 is 0 Å². The molecule has 70 valence electrons. The van der Waals surface area contributed by atoms with Crippen LogP contribution in [0, 0.1) is 0 Å². The van der Waals surface area contributed by atoms with Gasteiger partial charge in [-0.1, -0.05) is 35.8 Å². The van der Waals surface area contributed by atoms with Crippen molar-refractivity contribution in [3.8, 4) is 0 Å². The molecular weight excluding hydrogens is 224 g/mol. The fourth-order valence-electron chi connectivity index (χ4n) is 2.27. The van der Waals surface area contributed by atoms with Crippen LogP contribution in [-0.4, -0.2) is 0 Å². The molecular formula is C12H15Br. The Morgan fingerprint density at radius 1 is 1.46 bits per heavy atom. The summed E-state index contributed by atoms with van der Waals surface area (Å²) in [4.78, 5) is 0. The smallest absolute Gasteiger partial charge is 0.0178 e. The molecule has 1 heteroatoms. The average Bonchev–Trinajstić information content (AvgIpc) is 2.45. The topological polar surface area (TPSA) is 0 Å². The Balaban J connectivity index is 2.49. The maximum absolute atomic E-state index is 3.52. The van der Waals surface area contributed by atoms with Gasteiger partial charge in [-0.25, -0.2) is 0 Å². The number of benzene rings is 1. The Labute approximate surface area is 88.5 Å². The lowest BCUT2D eigenvalue weighted by Crippen LogP contribution is -2.16. The quantitative estimate of drug-likeness (QED) is 0.693. The van der Waals surface area contributed by atoms with E-state index in [1.165, 1.54) is 23.7 Å². The molecule has 0 amide bonds. The Morgan fingerprint density at radius 3 is 2.92 bits per heavy atom. The lowest BCUT2D eigenvalue weighted by molar-refractivity contribution is 0.453. The van der Waals surface area contributed by atoms with Crippen molar-refractivity contribution < 1.29 is 0 Å². The van der Waals surface area contributed by atoms with Gasteiger partial charge in [0.05, 0.1) is 0 Å². The van der Waals surface area contributed by atoms with E-state index in [0.29, 0.717) is 5.41 Å². The van der Waals surface area contributed by atoms with Gasteiger partial charge in [0.15, 0.2) is 0 Å². The Morgan fingerprint density at radius 2 is 2.23 bits per heavy atom. The highest BCUT2D eigenvalue weighted by molar-refractivity contribution is 9.10. The summed E-state index contributed by atoms with van der Waals surface area (Å²) in [7, 11) is 0. The molecule has 1 aromatic carbocycles. The predicted octanol–water partition coefficient (Wildman–Crippen LogP) is 4.06. The Bertz CT molecular complexity index is 330. The van der Waals surface area contributed by atoms with E-state index in [-0.39, 0.29) is 0 Å². The zero-order chi connectivity index (χ0) is 9.47. The van der Waals surface area contributed by atoms with E-state index in [1.807, 2.05) is 0 Å². The fraction of sp³-hybridized carbons (Fsp3) is 0.500. The minimum Gasteiger partial charge on any atom is -0.0645 e. The number of rotatable bonds is 1. The summed E-state index contributed by atoms with van der Waals surface area (Å²) in [6.45, 7) is 4.67. The average molecular weight is 239 g/mol. The van der Waals surface area contributed by atoms with Crippen LogP contribution in [0.25, 0.3) is 0 Å². The lowest BCUT2D eigenvalue weighted by atomic mass is 9.82. The molecule has 1 atom stereocenters. The van der Waals surface area contributed by atoms with Crippen molar-refractivity contribution in [3.63, 3.8) is 0 Å². The van der Waals surface area contributed by atoms with Gasteiger partial charge in [-0.05, 0) is 47.9 Å². The molecule has 2 rings (SSSR count). The van der Waals surface area contributed by atoms with Crippen LogP contribution in [-0.2, 0) is 11.8 Å². The van der Waals surface area contributed by atoms with Gasteiger partial charge in [0, 0.05) is 4.47 Å². The fourth-order valence-corrected chi connectivity index (χ4v) is 2.68. The van der Waals surface area contributed by atoms with Gasteiger partial charge < -0.3 is 0 Å². The van der Waals surface area contributed by atoms with Crippen molar-refractivity contribution in [2.75, 3.05) is 0 Å². The highest BCUT2D eigenvalue weighted by Gasteiger charge is 2.32. The summed E-state index contributed by atoms with van der Waals surface area (Å²) < 4.78 is 1.21. The second-order valence-corrected chi connectivity index (χ2v) is 5.13. The Hall–Kier alpha value is -0.300. The first-order valence-corrected chi connectivity index (χ1v) is 5.74. The van der Waals surface area contributed by atoms with Crippen LogP contribution in [0.15, 0.2) is 22.7 Å². The predicted molar refractivity (Wildman–Crippen MR) is 60.1 cm³/mol. The second-order valence-electron chi connectivity index (χ2n) is 4.22. The molecule has 0 fully saturated rings. The van der Waals surface area contributed by atoms with E-state index in [1.54, 1.807) is 11.1 Å². The van der Waals surface area contributed by atoms with Crippen LogP contribution in [0.2, 0.25) is 0 Å². The van der Waals surface area contributed by atoms with Gasteiger partial charge in [-0.3, -0.25) is 0 Å². The standard InChI is InChI=1S/C12H15Br/c1-3-12(2)7-6-9-8-10(13)4-5-11(9)12/h4-5,8H,3,6-7H2,1-2H3. The van der Waals surface area contributed by atoms with E-state index >= 15 is 0 Å². The van der Waals surface area contributed by atoms with Crippen molar-refractivity contribution in [2.24, 2.45) is 0 Å². The summed E-state index contributed by atoms with van der Waals surface area (Å²) >= 11 is 3.52. The first-order chi connectivity index (χ1) is 6.15. The highest BCUT2D eigenvalue weighted by atomic mass is 79.9. The molecule has 0 heterocycles. The molecule has 0 aromatic heterocycles. The zero-order valence-electron chi connectivity index (χ0n) is 8.23. The number of halogens is 1. The summed E-state index contributed by atoms with van der Waals surface area (Å²) in [5, 5.41) is 0. The summed E-state index contributed by atoms with van der Waals surface area (Å²) in [5.74, 6) is 0. The lowest BCUT2D eigenvalue weighted by Gasteiger charge is -2.23. The number of aryl methyl sites for hydroxylation is 1. The van der Waals surface area contributed by atoms with Gasteiger partial charge >= 0.3 is 0 Å². The van der Waals surface area contributed by atoms with Gasteiger partial charge in [-0.15, -0.1) is 0 Å². The van der Waals surface area contributed by atoms with E-state index in [9.17, 15) is 0 Å². The van der Waals surface area contributed by atoms with E-state index in [0.717, 1.165) is 0 Å². The normalized spacial score (nSPS) is 26.1. The monoisotopic (exact) mass is 238 g/mol. The molecule has 0 saturated carbocycles. The minimum atomic E-state index is 0.441. The van der Waals surface area contributed by atoms with Crippen LogP contribution in [0.1, 0.15) is 37.8 Å².